The van der Waals surface area contributed by atoms with Crippen LogP contribution < -0.4 is 4.74 Å². The van der Waals surface area contributed by atoms with Gasteiger partial charge in [0, 0.05) is 0 Å². The molecule has 0 aromatic heterocycles. The second-order valence-corrected chi connectivity index (χ2v) is 4.57. The van der Waals surface area contributed by atoms with Crippen molar-refractivity contribution in [1.29, 1.82) is 0 Å². The van der Waals surface area contributed by atoms with E-state index in [0.29, 0.717) is 11.1 Å². The van der Waals surface area contributed by atoms with E-state index in [2.05, 4.69) is 0 Å². The minimum atomic E-state index is -0.409. The summed E-state index contributed by atoms with van der Waals surface area (Å²) in [6.07, 6.45) is 1.67. The Hall–Kier alpha value is -2.59. The van der Waals surface area contributed by atoms with Gasteiger partial charge in [-0.1, -0.05) is 36.4 Å². The second kappa shape index (κ2) is 7.43. The first kappa shape index (κ1) is 15.8. The summed E-state index contributed by atoms with van der Waals surface area (Å²) in [5, 5.41) is 9.33. The summed E-state index contributed by atoms with van der Waals surface area (Å²) < 4.78 is 9.98. The minimum absolute atomic E-state index is 0.128. The number of hydrogen-bond acceptors (Lipinski definition) is 4. The highest BCUT2D eigenvalue weighted by Gasteiger charge is 2.15. The molecule has 0 heterocycles. The van der Waals surface area contributed by atoms with Gasteiger partial charge in [-0.25, -0.2) is 4.79 Å². The molecule has 0 aliphatic heterocycles. The smallest absolute Gasteiger partial charge is 0.338 e. The molecule has 0 saturated heterocycles. The maximum Gasteiger partial charge on any atom is 0.338 e. The minimum Gasteiger partial charge on any atom is -0.497 e. The van der Waals surface area contributed by atoms with Gasteiger partial charge >= 0.3 is 5.97 Å². The SMILES string of the molecule is COC(=O)c1ccccc1/C(=C\CO)c1ccc(OC)cc1. The van der Waals surface area contributed by atoms with E-state index in [1.807, 2.05) is 36.4 Å². The molecule has 2 aromatic carbocycles. The van der Waals surface area contributed by atoms with E-state index in [0.717, 1.165) is 16.9 Å². The highest BCUT2D eigenvalue weighted by atomic mass is 16.5. The number of benzene rings is 2. The van der Waals surface area contributed by atoms with Crippen molar-refractivity contribution in [3.63, 3.8) is 0 Å². The lowest BCUT2D eigenvalue weighted by Gasteiger charge is -2.13. The number of aliphatic hydroxyl groups excluding tert-OH is 1. The van der Waals surface area contributed by atoms with Crippen molar-refractivity contribution < 1.29 is 19.4 Å². The van der Waals surface area contributed by atoms with Crippen LogP contribution in [0.1, 0.15) is 21.5 Å². The van der Waals surface area contributed by atoms with E-state index in [-0.39, 0.29) is 6.61 Å². The van der Waals surface area contributed by atoms with Gasteiger partial charge in [0.25, 0.3) is 0 Å². The standard InChI is InChI=1S/C18H18O4/c1-21-14-9-7-13(8-10-14)15(11-12-19)16-5-3-4-6-17(16)18(20)22-2/h3-11,19H,12H2,1-2H3/b15-11-. The van der Waals surface area contributed by atoms with Gasteiger partial charge in [-0.05, 0) is 34.9 Å². The van der Waals surface area contributed by atoms with E-state index in [9.17, 15) is 9.90 Å². The first-order valence-electron chi connectivity index (χ1n) is 6.84. The van der Waals surface area contributed by atoms with Crippen LogP contribution >= 0.6 is 0 Å². The normalized spacial score (nSPS) is 11.1. The molecule has 0 fully saturated rings. The molecule has 0 bridgehead atoms. The van der Waals surface area contributed by atoms with Crippen LogP contribution in [-0.2, 0) is 4.74 Å². The van der Waals surface area contributed by atoms with Gasteiger partial charge in [0.2, 0.25) is 0 Å². The largest absolute Gasteiger partial charge is 0.497 e. The monoisotopic (exact) mass is 298 g/mol. The van der Waals surface area contributed by atoms with Crippen LogP contribution in [0.25, 0.3) is 5.57 Å². The molecule has 4 heteroatoms. The first-order chi connectivity index (χ1) is 10.7. The van der Waals surface area contributed by atoms with Gasteiger partial charge in [-0.2, -0.15) is 0 Å². The zero-order valence-corrected chi connectivity index (χ0v) is 12.6. The van der Waals surface area contributed by atoms with Crippen molar-refractivity contribution >= 4 is 11.5 Å². The molecule has 0 aliphatic rings. The molecule has 4 nitrogen and oxygen atoms in total. The van der Waals surface area contributed by atoms with Crippen molar-refractivity contribution in [3.05, 3.63) is 71.3 Å². The lowest BCUT2D eigenvalue weighted by atomic mass is 9.93. The molecule has 1 N–H and O–H groups in total. The first-order valence-corrected chi connectivity index (χ1v) is 6.84. The number of hydrogen-bond donors (Lipinski definition) is 1. The van der Waals surface area contributed by atoms with Crippen LogP contribution in [0.4, 0.5) is 0 Å². The lowest BCUT2D eigenvalue weighted by molar-refractivity contribution is 0.0600. The van der Waals surface area contributed by atoms with Gasteiger partial charge in [0.05, 0.1) is 26.4 Å². The van der Waals surface area contributed by atoms with Crippen molar-refractivity contribution in [2.75, 3.05) is 20.8 Å². The number of carbonyl (C=O) groups is 1. The molecule has 2 aromatic rings. The molecule has 0 saturated carbocycles. The Bertz CT molecular complexity index is 672. The van der Waals surface area contributed by atoms with Crippen LogP contribution in [0.3, 0.4) is 0 Å². The van der Waals surface area contributed by atoms with Crippen molar-refractivity contribution in [3.8, 4) is 5.75 Å². The van der Waals surface area contributed by atoms with Gasteiger partial charge in [-0.3, -0.25) is 0 Å². The third-order valence-electron chi connectivity index (χ3n) is 3.32. The van der Waals surface area contributed by atoms with Gasteiger partial charge < -0.3 is 14.6 Å². The predicted molar refractivity (Wildman–Crippen MR) is 84.9 cm³/mol. The average Bonchev–Trinajstić information content (AvgIpc) is 2.59. The average molecular weight is 298 g/mol. The highest BCUT2D eigenvalue weighted by molar-refractivity contribution is 5.97. The summed E-state index contributed by atoms with van der Waals surface area (Å²) in [6, 6.07) is 14.6. The van der Waals surface area contributed by atoms with Crippen molar-refractivity contribution in [1.82, 2.24) is 0 Å². The molecule has 0 amide bonds. The molecule has 114 valence electrons. The van der Waals surface area contributed by atoms with E-state index < -0.39 is 5.97 Å². The van der Waals surface area contributed by atoms with Gasteiger partial charge in [-0.15, -0.1) is 0 Å². The maximum atomic E-state index is 11.9. The van der Waals surface area contributed by atoms with Crippen LogP contribution in [0, 0.1) is 0 Å². The number of carbonyl (C=O) groups excluding carboxylic acids is 1. The van der Waals surface area contributed by atoms with E-state index >= 15 is 0 Å². The van der Waals surface area contributed by atoms with E-state index in [4.69, 9.17) is 9.47 Å². The lowest BCUT2D eigenvalue weighted by Crippen LogP contribution is -2.06. The molecular weight excluding hydrogens is 280 g/mol. The Morgan fingerprint density at radius 2 is 1.68 bits per heavy atom. The fourth-order valence-corrected chi connectivity index (χ4v) is 2.25. The zero-order chi connectivity index (χ0) is 15.9. The second-order valence-electron chi connectivity index (χ2n) is 4.57. The number of rotatable bonds is 5. The molecule has 2 rings (SSSR count). The van der Waals surface area contributed by atoms with Crippen LogP contribution in [-0.4, -0.2) is 31.9 Å². The highest BCUT2D eigenvalue weighted by Crippen LogP contribution is 2.28. The van der Waals surface area contributed by atoms with Crippen molar-refractivity contribution in [2.24, 2.45) is 0 Å². The van der Waals surface area contributed by atoms with Crippen LogP contribution in [0.15, 0.2) is 54.6 Å². The summed E-state index contributed by atoms with van der Waals surface area (Å²) in [7, 11) is 2.95. The van der Waals surface area contributed by atoms with E-state index in [1.54, 1.807) is 25.3 Å². The molecule has 0 radical (unpaired) electrons. The number of ether oxygens (including phenoxy) is 2. The fourth-order valence-electron chi connectivity index (χ4n) is 2.25. The summed E-state index contributed by atoms with van der Waals surface area (Å²) in [5.74, 6) is 0.335. The molecule has 0 aliphatic carbocycles. The molecule has 0 atom stereocenters. The van der Waals surface area contributed by atoms with Gasteiger partial charge in [0.15, 0.2) is 0 Å². The van der Waals surface area contributed by atoms with Gasteiger partial charge in [0.1, 0.15) is 5.75 Å². The fraction of sp³-hybridized carbons (Fsp3) is 0.167. The summed E-state index contributed by atoms with van der Waals surface area (Å²) in [5.41, 5.74) is 2.83. The van der Waals surface area contributed by atoms with Crippen molar-refractivity contribution in [2.45, 2.75) is 0 Å². The molecule has 0 spiro atoms. The Morgan fingerprint density at radius 1 is 1.05 bits per heavy atom. The topological polar surface area (TPSA) is 55.8 Å². The summed E-state index contributed by atoms with van der Waals surface area (Å²) >= 11 is 0. The Morgan fingerprint density at radius 3 is 2.23 bits per heavy atom. The number of esters is 1. The Balaban J connectivity index is 2.53. The summed E-state index contributed by atoms with van der Waals surface area (Å²) in [4.78, 5) is 11.9. The number of methoxy groups -OCH3 is 2. The Kier molecular flexibility index (Phi) is 5.33. The molecule has 22 heavy (non-hydrogen) atoms. The number of aliphatic hydroxyl groups is 1. The third kappa shape index (κ3) is 3.35. The maximum absolute atomic E-state index is 11.9. The third-order valence-corrected chi connectivity index (χ3v) is 3.32. The van der Waals surface area contributed by atoms with E-state index in [1.165, 1.54) is 7.11 Å². The van der Waals surface area contributed by atoms with Crippen LogP contribution in [0.5, 0.6) is 5.75 Å². The molecular formula is C18H18O4. The summed E-state index contributed by atoms with van der Waals surface area (Å²) in [6.45, 7) is -0.128. The van der Waals surface area contributed by atoms with Crippen LogP contribution in [0.2, 0.25) is 0 Å². The quantitative estimate of drug-likeness (QED) is 0.862. The Labute approximate surface area is 129 Å². The molecule has 0 unspecified atom stereocenters. The predicted octanol–water partition coefficient (Wildman–Crippen LogP) is 2.91. The zero-order valence-electron chi connectivity index (χ0n) is 12.6.